The summed E-state index contributed by atoms with van der Waals surface area (Å²) < 4.78 is 0. The number of hydrogen-bond donors (Lipinski definition) is 3. The number of carbonyl (C=O) groups is 2. The summed E-state index contributed by atoms with van der Waals surface area (Å²) in [5, 5.41) is 10.4. The van der Waals surface area contributed by atoms with Gasteiger partial charge in [0.15, 0.2) is 11.7 Å². The van der Waals surface area contributed by atoms with Gasteiger partial charge in [-0.25, -0.2) is 4.99 Å². The van der Waals surface area contributed by atoms with Crippen LogP contribution in [0, 0.1) is 11.3 Å². The SMILES string of the molecule is C[NH2+]/C=C1/C=CC([C@@]2(C)N=C(N)N(C)C(=O)[C@@H]2C(CC(=O)/C=C/c2ccccc2)c2ccccc2)=CC1=N. The lowest BCUT2D eigenvalue weighted by Gasteiger charge is -2.45. The third-order valence-corrected chi connectivity index (χ3v) is 7.19. The molecule has 1 aliphatic heterocycles. The Labute approximate surface area is 223 Å². The van der Waals surface area contributed by atoms with E-state index < -0.39 is 17.4 Å². The molecule has 4 rings (SSSR count). The number of rotatable bonds is 8. The minimum atomic E-state index is -1.08. The van der Waals surface area contributed by atoms with E-state index in [1.54, 1.807) is 25.3 Å². The molecule has 1 heterocycles. The minimum absolute atomic E-state index is 0.0901. The van der Waals surface area contributed by atoms with E-state index in [4.69, 9.17) is 16.1 Å². The molecular formula is C31H34N5O2+. The van der Waals surface area contributed by atoms with E-state index in [0.717, 1.165) is 16.7 Å². The summed E-state index contributed by atoms with van der Waals surface area (Å²) in [6.45, 7) is 1.87. The van der Waals surface area contributed by atoms with Crippen LogP contribution in [0.4, 0.5) is 0 Å². The Morgan fingerprint density at radius 1 is 1.16 bits per heavy atom. The van der Waals surface area contributed by atoms with Crippen molar-refractivity contribution >= 4 is 29.4 Å². The number of nitrogens with one attached hydrogen (secondary N) is 1. The van der Waals surface area contributed by atoms with Crippen LogP contribution in [-0.4, -0.2) is 47.9 Å². The average molecular weight is 509 g/mol. The lowest BCUT2D eigenvalue weighted by Crippen LogP contribution is -2.73. The van der Waals surface area contributed by atoms with E-state index in [-0.39, 0.29) is 24.1 Å². The Morgan fingerprint density at radius 2 is 1.82 bits per heavy atom. The molecule has 3 atom stereocenters. The fourth-order valence-corrected chi connectivity index (χ4v) is 5.11. The second kappa shape index (κ2) is 11.4. The highest BCUT2D eigenvalue weighted by molar-refractivity contribution is 6.10. The molecule has 194 valence electrons. The monoisotopic (exact) mass is 508 g/mol. The Balaban J connectivity index is 1.78. The van der Waals surface area contributed by atoms with E-state index in [0.29, 0.717) is 11.3 Å². The number of ketones is 1. The van der Waals surface area contributed by atoms with Crippen LogP contribution in [0.5, 0.6) is 0 Å². The van der Waals surface area contributed by atoms with Gasteiger partial charge >= 0.3 is 0 Å². The van der Waals surface area contributed by atoms with Gasteiger partial charge in [0, 0.05) is 19.4 Å². The van der Waals surface area contributed by atoms with Gasteiger partial charge in [-0.2, -0.15) is 0 Å². The molecule has 2 aliphatic rings. The van der Waals surface area contributed by atoms with Gasteiger partial charge < -0.3 is 16.5 Å². The van der Waals surface area contributed by atoms with Crippen LogP contribution >= 0.6 is 0 Å². The summed E-state index contributed by atoms with van der Waals surface area (Å²) in [4.78, 5) is 33.4. The van der Waals surface area contributed by atoms with Gasteiger partial charge in [0.05, 0.1) is 29.8 Å². The quantitative estimate of drug-likeness (QED) is 0.476. The van der Waals surface area contributed by atoms with Crippen LogP contribution in [0.3, 0.4) is 0 Å². The highest BCUT2D eigenvalue weighted by atomic mass is 16.2. The molecular weight excluding hydrogens is 474 g/mol. The molecule has 0 aromatic heterocycles. The van der Waals surface area contributed by atoms with Crippen LogP contribution in [-0.2, 0) is 9.59 Å². The lowest BCUT2D eigenvalue weighted by molar-refractivity contribution is -0.556. The molecule has 0 saturated heterocycles. The van der Waals surface area contributed by atoms with Crippen LogP contribution in [0.1, 0.15) is 30.4 Å². The third kappa shape index (κ3) is 5.48. The zero-order valence-corrected chi connectivity index (χ0v) is 22.0. The molecule has 0 radical (unpaired) electrons. The number of nitrogens with two attached hydrogens (primary N) is 2. The molecule has 7 nitrogen and oxygen atoms in total. The predicted octanol–water partition coefficient (Wildman–Crippen LogP) is 3.20. The Bertz CT molecular complexity index is 1370. The van der Waals surface area contributed by atoms with Crippen molar-refractivity contribution in [2.75, 3.05) is 14.1 Å². The second-order valence-electron chi connectivity index (χ2n) is 9.73. The first kappa shape index (κ1) is 26.7. The first-order chi connectivity index (χ1) is 18.2. The van der Waals surface area contributed by atoms with Gasteiger partial charge in [0.25, 0.3) is 0 Å². The van der Waals surface area contributed by atoms with Crippen molar-refractivity contribution in [3.8, 4) is 0 Å². The van der Waals surface area contributed by atoms with Crippen molar-refractivity contribution in [1.82, 2.24) is 4.90 Å². The second-order valence-corrected chi connectivity index (χ2v) is 9.73. The first-order valence-corrected chi connectivity index (χ1v) is 12.7. The van der Waals surface area contributed by atoms with Crippen LogP contribution in [0.25, 0.3) is 6.08 Å². The summed E-state index contributed by atoms with van der Waals surface area (Å²) in [7, 11) is 3.51. The molecule has 1 amide bonds. The number of benzene rings is 2. The largest absolute Gasteiger partial charge is 0.369 e. The molecule has 0 bridgehead atoms. The predicted molar refractivity (Wildman–Crippen MR) is 151 cm³/mol. The van der Waals surface area contributed by atoms with E-state index >= 15 is 0 Å². The molecule has 1 aliphatic carbocycles. The van der Waals surface area contributed by atoms with Crippen molar-refractivity contribution in [2.24, 2.45) is 16.6 Å². The highest BCUT2D eigenvalue weighted by Gasteiger charge is 2.51. The number of amides is 1. The maximum Gasteiger partial charge on any atom is 0.235 e. The van der Waals surface area contributed by atoms with Crippen molar-refractivity contribution in [3.63, 3.8) is 0 Å². The van der Waals surface area contributed by atoms with Gasteiger partial charge in [0.2, 0.25) is 5.91 Å². The fraction of sp³-hybridized carbons (Fsp3) is 0.226. The maximum atomic E-state index is 13.9. The Morgan fingerprint density at radius 3 is 2.45 bits per heavy atom. The van der Waals surface area contributed by atoms with Crippen LogP contribution in [0.2, 0.25) is 0 Å². The molecule has 7 heteroatoms. The van der Waals surface area contributed by atoms with Gasteiger partial charge in [0.1, 0.15) is 6.20 Å². The number of guanidine groups is 1. The highest BCUT2D eigenvalue weighted by Crippen LogP contribution is 2.45. The van der Waals surface area contributed by atoms with Crippen LogP contribution < -0.4 is 11.1 Å². The van der Waals surface area contributed by atoms with Gasteiger partial charge in [-0.05, 0) is 41.9 Å². The van der Waals surface area contributed by atoms with E-state index in [1.165, 1.54) is 4.90 Å². The number of carbonyl (C=O) groups excluding carboxylic acids is 2. The molecule has 1 unspecified atom stereocenters. The molecule has 2 aromatic rings. The number of hydrogen-bond acceptors (Lipinski definition) is 5. The smallest absolute Gasteiger partial charge is 0.235 e. The fourth-order valence-electron chi connectivity index (χ4n) is 5.11. The topological polar surface area (TPSA) is 116 Å². The van der Waals surface area contributed by atoms with E-state index in [1.807, 2.05) is 98.3 Å². The summed E-state index contributed by atoms with van der Waals surface area (Å²) in [6.07, 6.45) is 10.9. The van der Waals surface area contributed by atoms with Crippen molar-refractivity contribution < 1.29 is 14.9 Å². The van der Waals surface area contributed by atoms with Crippen molar-refractivity contribution in [3.05, 3.63) is 113 Å². The summed E-state index contributed by atoms with van der Waals surface area (Å²) in [5.41, 5.74) is 8.76. The van der Waals surface area contributed by atoms with Crippen LogP contribution in [0.15, 0.2) is 107 Å². The van der Waals surface area contributed by atoms with E-state index in [2.05, 4.69) is 0 Å². The summed E-state index contributed by atoms with van der Waals surface area (Å²) >= 11 is 0. The van der Waals surface area contributed by atoms with Gasteiger partial charge in [-0.3, -0.25) is 14.5 Å². The lowest BCUT2D eigenvalue weighted by atomic mass is 9.66. The average Bonchev–Trinajstić information content (AvgIpc) is 2.92. The Kier molecular flexibility index (Phi) is 7.98. The minimum Gasteiger partial charge on any atom is -0.369 e. The molecule has 38 heavy (non-hydrogen) atoms. The van der Waals surface area contributed by atoms with Gasteiger partial charge in [-0.15, -0.1) is 0 Å². The number of allylic oxidation sites excluding steroid dienone is 4. The molecule has 5 N–H and O–H groups in total. The molecule has 0 saturated carbocycles. The maximum absolute atomic E-state index is 13.9. The zero-order valence-electron chi connectivity index (χ0n) is 22.0. The summed E-state index contributed by atoms with van der Waals surface area (Å²) in [5.74, 6) is -1.38. The first-order valence-electron chi connectivity index (χ1n) is 12.7. The Hall–Kier alpha value is -4.36. The number of nitrogens with zero attached hydrogens (tertiary/aromatic N) is 2. The zero-order chi connectivity index (χ0) is 27.3. The molecule has 0 fully saturated rings. The number of quaternary nitrogens is 1. The normalized spacial score (nSPS) is 23.5. The summed E-state index contributed by atoms with van der Waals surface area (Å²) in [6, 6.07) is 19.2. The number of aliphatic imine (C=N–C) groups is 1. The molecule has 0 spiro atoms. The van der Waals surface area contributed by atoms with E-state index in [9.17, 15) is 9.59 Å². The molecule has 2 aromatic carbocycles. The van der Waals surface area contributed by atoms with Gasteiger partial charge in [-0.1, -0.05) is 72.8 Å². The third-order valence-electron chi connectivity index (χ3n) is 7.19. The van der Waals surface area contributed by atoms with Crippen molar-refractivity contribution in [2.45, 2.75) is 24.8 Å². The van der Waals surface area contributed by atoms with Crippen molar-refractivity contribution in [1.29, 1.82) is 5.41 Å². The standard InChI is InChI=1S/C31H33N5O2/c1-31(24-16-15-23(20-34-2)27(32)18-24)28(29(38)36(3)30(33)35-31)26(22-12-8-5-9-13-22)19-25(37)17-14-21-10-6-4-7-11-21/h4-18,20,26,28,32,34H,19H2,1-3H3,(H2,33,35)/p+1/b17-14+,23-20-,32-27?/t26?,28-,31+/m0/s1.